The SMILES string of the molecule is CC(C)n1ncc2cc(C(=O)N[C@@H](C)c3cccc(S(N)(=O)=O)c3)cnc21. The Morgan fingerprint density at radius 1 is 1.19 bits per heavy atom. The van der Waals surface area contributed by atoms with Crippen LogP contribution >= 0.6 is 0 Å². The van der Waals surface area contributed by atoms with Crippen LogP contribution < -0.4 is 10.5 Å². The summed E-state index contributed by atoms with van der Waals surface area (Å²) in [4.78, 5) is 16.9. The van der Waals surface area contributed by atoms with Gasteiger partial charge in [0, 0.05) is 17.6 Å². The number of primary sulfonamides is 1. The molecule has 0 radical (unpaired) electrons. The number of pyridine rings is 1. The molecular formula is C18H21N5O3S. The van der Waals surface area contributed by atoms with Crippen LogP contribution in [0.5, 0.6) is 0 Å². The number of nitrogens with two attached hydrogens (primary N) is 1. The second kappa shape index (κ2) is 7.09. The summed E-state index contributed by atoms with van der Waals surface area (Å²) in [5, 5.41) is 13.1. The van der Waals surface area contributed by atoms with Gasteiger partial charge in [-0.15, -0.1) is 0 Å². The largest absolute Gasteiger partial charge is 0.345 e. The van der Waals surface area contributed by atoms with Gasteiger partial charge in [-0.05, 0) is 44.5 Å². The highest BCUT2D eigenvalue weighted by molar-refractivity contribution is 7.89. The molecule has 3 N–H and O–H groups in total. The van der Waals surface area contributed by atoms with E-state index in [4.69, 9.17) is 5.14 Å². The second-order valence-corrected chi connectivity index (χ2v) is 8.19. The fourth-order valence-corrected chi connectivity index (χ4v) is 3.33. The van der Waals surface area contributed by atoms with E-state index in [-0.39, 0.29) is 16.8 Å². The topological polar surface area (TPSA) is 120 Å². The van der Waals surface area contributed by atoms with Crippen molar-refractivity contribution in [3.8, 4) is 0 Å². The smallest absolute Gasteiger partial charge is 0.253 e. The Hall–Kier alpha value is -2.78. The standard InChI is InChI=1S/C18H21N5O3S/c1-11(2)23-17-14(10-21-23)7-15(9-20-17)18(24)22-12(3)13-5-4-6-16(8-13)27(19,25)26/h4-12H,1-3H3,(H,22,24)(H2,19,25,26)/t12-/m0/s1. The molecule has 1 amide bonds. The van der Waals surface area contributed by atoms with Crippen LogP contribution in [-0.2, 0) is 10.0 Å². The van der Waals surface area contributed by atoms with Crippen LogP contribution in [0.3, 0.4) is 0 Å². The summed E-state index contributed by atoms with van der Waals surface area (Å²) in [6, 6.07) is 7.68. The summed E-state index contributed by atoms with van der Waals surface area (Å²) >= 11 is 0. The van der Waals surface area contributed by atoms with Crippen LogP contribution in [0, 0.1) is 0 Å². The van der Waals surface area contributed by atoms with Gasteiger partial charge in [-0.2, -0.15) is 5.10 Å². The third kappa shape index (κ3) is 3.99. The van der Waals surface area contributed by atoms with E-state index in [0.29, 0.717) is 11.1 Å². The number of carbonyl (C=O) groups excluding carboxylic acids is 1. The van der Waals surface area contributed by atoms with Crippen LogP contribution in [0.25, 0.3) is 11.0 Å². The van der Waals surface area contributed by atoms with Gasteiger partial charge < -0.3 is 5.32 Å². The molecule has 142 valence electrons. The number of hydrogen-bond donors (Lipinski definition) is 2. The third-order valence-corrected chi connectivity index (χ3v) is 5.13. The zero-order chi connectivity index (χ0) is 19.8. The first kappa shape index (κ1) is 19.0. The highest BCUT2D eigenvalue weighted by Crippen LogP contribution is 2.19. The monoisotopic (exact) mass is 387 g/mol. The Morgan fingerprint density at radius 2 is 1.93 bits per heavy atom. The number of nitrogens with zero attached hydrogens (tertiary/aromatic N) is 3. The molecule has 0 aliphatic carbocycles. The molecule has 2 heterocycles. The number of sulfonamides is 1. The fourth-order valence-electron chi connectivity index (χ4n) is 2.77. The summed E-state index contributed by atoms with van der Waals surface area (Å²) in [5.41, 5.74) is 1.76. The van der Waals surface area contributed by atoms with Crippen molar-refractivity contribution in [2.45, 2.75) is 37.8 Å². The van der Waals surface area contributed by atoms with Gasteiger partial charge in [0.15, 0.2) is 5.65 Å². The first-order valence-electron chi connectivity index (χ1n) is 8.43. The lowest BCUT2D eigenvalue weighted by Gasteiger charge is -2.15. The van der Waals surface area contributed by atoms with Crippen molar-refractivity contribution < 1.29 is 13.2 Å². The molecule has 0 aliphatic rings. The van der Waals surface area contributed by atoms with E-state index in [2.05, 4.69) is 15.4 Å². The molecule has 0 spiro atoms. The molecular weight excluding hydrogens is 366 g/mol. The van der Waals surface area contributed by atoms with Gasteiger partial charge in [0.2, 0.25) is 10.0 Å². The molecule has 8 nitrogen and oxygen atoms in total. The van der Waals surface area contributed by atoms with Crippen molar-refractivity contribution in [3.05, 3.63) is 53.9 Å². The predicted octanol–water partition coefficient (Wildman–Crippen LogP) is 2.15. The molecule has 0 saturated heterocycles. The fraction of sp³-hybridized carbons (Fsp3) is 0.278. The Kier molecular flexibility index (Phi) is 4.99. The molecule has 0 unspecified atom stereocenters. The van der Waals surface area contributed by atoms with Crippen molar-refractivity contribution in [2.24, 2.45) is 5.14 Å². The van der Waals surface area contributed by atoms with E-state index in [1.807, 2.05) is 13.8 Å². The van der Waals surface area contributed by atoms with E-state index in [9.17, 15) is 13.2 Å². The van der Waals surface area contributed by atoms with Gasteiger partial charge in [0.25, 0.3) is 5.91 Å². The molecule has 0 aliphatic heterocycles. The molecule has 9 heteroatoms. The normalized spacial score (nSPS) is 13.1. The van der Waals surface area contributed by atoms with Crippen molar-refractivity contribution in [1.29, 1.82) is 0 Å². The maximum atomic E-state index is 12.6. The van der Waals surface area contributed by atoms with Crippen molar-refractivity contribution in [1.82, 2.24) is 20.1 Å². The molecule has 2 aromatic heterocycles. The summed E-state index contributed by atoms with van der Waals surface area (Å²) in [6.07, 6.45) is 3.18. The Balaban J connectivity index is 1.82. The number of hydrogen-bond acceptors (Lipinski definition) is 5. The molecule has 3 rings (SSSR count). The highest BCUT2D eigenvalue weighted by atomic mass is 32.2. The Labute approximate surface area is 157 Å². The zero-order valence-corrected chi connectivity index (χ0v) is 16.1. The number of aromatic nitrogens is 3. The molecule has 27 heavy (non-hydrogen) atoms. The zero-order valence-electron chi connectivity index (χ0n) is 15.2. The summed E-state index contributed by atoms with van der Waals surface area (Å²) in [5.74, 6) is -0.310. The second-order valence-electron chi connectivity index (χ2n) is 6.63. The van der Waals surface area contributed by atoms with Crippen molar-refractivity contribution in [3.63, 3.8) is 0 Å². The molecule has 0 bridgehead atoms. The molecule has 1 aromatic carbocycles. The first-order chi connectivity index (χ1) is 12.7. The summed E-state index contributed by atoms with van der Waals surface area (Å²) in [7, 11) is -3.80. The van der Waals surface area contributed by atoms with Crippen LogP contribution in [0.15, 0.2) is 47.6 Å². The highest BCUT2D eigenvalue weighted by Gasteiger charge is 2.16. The van der Waals surface area contributed by atoms with Gasteiger partial charge in [-0.1, -0.05) is 12.1 Å². The Bertz CT molecular complexity index is 1110. The van der Waals surface area contributed by atoms with Crippen LogP contribution in [-0.4, -0.2) is 29.1 Å². The number of carbonyl (C=O) groups is 1. The average molecular weight is 387 g/mol. The van der Waals surface area contributed by atoms with E-state index >= 15 is 0 Å². The minimum Gasteiger partial charge on any atom is -0.345 e. The average Bonchev–Trinajstić information content (AvgIpc) is 3.04. The minimum absolute atomic E-state index is 0.00489. The van der Waals surface area contributed by atoms with Gasteiger partial charge in [0.1, 0.15) is 0 Å². The quantitative estimate of drug-likeness (QED) is 0.695. The minimum atomic E-state index is -3.80. The maximum absolute atomic E-state index is 12.6. The van der Waals surface area contributed by atoms with Crippen molar-refractivity contribution >= 4 is 27.0 Å². The molecule has 3 aromatic rings. The number of nitrogens with one attached hydrogen (secondary N) is 1. The number of fused-ring (bicyclic) bond motifs is 1. The van der Waals surface area contributed by atoms with Gasteiger partial charge in [-0.25, -0.2) is 23.2 Å². The van der Waals surface area contributed by atoms with Gasteiger partial charge in [0.05, 0.1) is 22.7 Å². The lowest BCUT2D eigenvalue weighted by molar-refractivity contribution is 0.0939. The van der Waals surface area contributed by atoms with Crippen LogP contribution in [0.2, 0.25) is 0 Å². The third-order valence-electron chi connectivity index (χ3n) is 4.22. The number of rotatable bonds is 5. The van der Waals surface area contributed by atoms with Gasteiger partial charge >= 0.3 is 0 Å². The molecule has 0 saturated carbocycles. The number of benzene rings is 1. The predicted molar refractivity (Wildman–Crippen MR) is 102 cm³/mol. The maximum Gasteiger partial charge on any atom is 0.253 e. The Morgan fingerprint density at radius 3 is 2.59 bits per heavy atom. The van der Waals surface area contributed by atoms with E-state index in [1.54, 1.807) is 36.0 Å². The lowest BCUT2D eigenvalue weighted by atomic mass is 10.1. The van der Waals surface area contributed by atoms with E-state index in [0.717, 1.165) is 11.0 Å². The van der Waals surface area contributed by atoms with Crippen molar-refractivity contribution in [2.75, 3.05) is 0 Å². The van der Waals surface area contributed by atoms with E-state index in [1.165, 1.54) is 18.3 Å². The summed E-state index contributed by atoms with van der Waals surface area (Å²) < 4.78 is 24.8. The number of amides is 1. The van der Waals surface area contributed by atoms with Gasteiger partial charge in [-0.3, -0.25) is 4.79 Å². The molecule has 1 atom stereocenters. The van der Waals surface area contributed by atoms with E-state index < -0.39 is 16.1 Å². The summed E-state index contributed by atoms with van der Waals surface area (Å²) in [6.45, 7) is 5.78. The lowest BCUT2D eigenvalue weighted by Crippen LogP contribution is -2.27. The molecule has 0 fully saturated rings. The first-order valence-corrected chi connectivity index (χ1v) is 9.98. The van der Waals surface area contributed by atoms with Crippen LogP contribution in [0.4, 0.5) is 0 Å². The van der Waals surface area contributed by atoms with Crippen LogP contribution in [0.1, 0.15) is 48.8 Å².